The Bertz CT molecular complexity index is 330. The number of epoxide rings is 1. The van der Waals surface area contributed by atoms with Crippen LogP contribution in [0, 0.1) is 0 Å². The Morgan fingerprint density at radius 2 is 1.46 bits per heavy atom. The second kappa shape index (κ2) is 14.5. The van der Waals surface area contributed by atoms with Gasteiger partial charge in [-0.25, -0.2) is 0 Å². The van der Waals surface area contributed by atoms with Crippen molar-refractivity contribution in [1.29, 1.82) is 0 Å². The molecule has 2 atom stereocenters. The molecule has 24 heavy (non-hydrogen) atoms. The molecule has 0 aliphatic carbocycles. The van der Waals surface area contributed by atoms with Gasteiger partial charge in [-0.1, -0.05) is 77.2 Å². The molecule has 0 unspecified atom stereocenters. The zero-order valence-corrected chi connectivity index (χ0v) is 15.9. The molecule has 0 saturated carbocycles. The van der Waals surface area contributed by atoms with E-state index in [2.05, 4.69) is 18.8 Å². The van der Waals surface area contributed by atoms with Crippen LogP contribution >= 0.6 is 0 Å². The van der Waals surface area contributed by atoms with E-state index in [1.807, 2.05) is 0 Å². The first-order valence-corrected chi connectivity index (χ1v) is 10.3. The van der Waals surface area contributed by atoms with Crippen LogP contribution in [0.25, 0.3) is 0 Å². The number of hydrogen-bond donors (Lipinski definition) is 1. The van der Waals surface area contributed by atoms with Gasteiger partial charge in [0.1, 0.15) is 0 Å². The second-order valence-electron chi connectivity index (χ2n) is 7.17. The van der Waals surface area contributed by atoms with Crippen molar-refractivity contribution in [2.24, 2.45) is 0 Å². The van der Waals surface area contributed by atoms with E-state index in [0.717, 1.165) is 12.8 Å². The third kappa shape index (κ3) is 11.7. The molecule has 1 heterocycles. The number of nitrogens with one attached hydrogen (secondary N) is 1. The molecule has 1 fully saturated rings. The van der Waals surface area contributed by atoms with Crippen LogP contribution in [0.2, 0.25) is 0 Å². The lowest BCUT2D eigenvalue weighted by Gasteiger charge is -2.02. The average molecular weight is 338 g/mol. The smallest absolute Gasteiger partial charge is 0.220 e. The fraction of sp³-hybridized carbons (Fsp3) is 0.857. The van der Waals surface area contributed by atoms with E-state index in [1.165, 1.54) is 70.6 Å². The van der Waals surface area contributed by atoms with Gasteiger partial charge in [-0.05, 0) is 19.3 Å². The van der Waals surface area contributed by atoms with Crippen molar-refractivity contribution in [2.45, 2.75) is 109 Å². The van der Waals surface area contributed by atoms with Gasteiger partial charge in [0.2, 0.25) is 5.91 Å². The fourth-order valence-corrected chi connectivity index (χ4v) is 3.25. The molecule has 3 heteroatoms. The highest BCUT2D eigenvalue weighted by atomic mass is 16.6. The van der Waals surface area contributed by atoms with Gasteiger partial charge in [0, 0.05) is 13.0 Å². The summed E-state index contributed by atoms with van der Waals surface area (Å²) in [6, 6.07) is 0. The first-order chi connectivity index (χ1) is 11.8. The maximum absolute atomic E-state index is 11.4. The summed E-state index contributed by atoms with van der Waals surface area (Å²) in [4.78, 5) is 11.4. The number of amides is 1. The van der Waals surface area contributed by atoms with Gasteiger partial charge in [0.05, 0.1) is 12.2 Å². The van der Waals surface area contributed by atoms with Crippen molar-refractivity contribution in [3.05, 3.63) is 12.7 Å². The number of carbonyl (C=O) groups is 1. The normalized spacial score (nSPS) is 19.2. The van der Waals surface area contributed by atoms with E-state index in [4.69, 9.17) is 4.74 Å². The summed E-state index contributed by atoms with van der Waals surface area (Å²) in [6.45, 7) is 6.44. The number of unbranched alkanes of at least 4 members (excludes halogenated alkanes) is 9. The lowest BCUT2D eigenvalue weighted by atomic mass is 10.0. The predicted molar refractivity (Wildman–Crippen MR) is 102 cm³/mol. The van der Waals surface area contributed by atoms with Gasteiger partial charge in [-0.3, -0.25) is 4.79 Å². The summed E-state index contributed by atoms with van der Waals surface area (Å²) in [5.74, 6) is 0.152. The molecular weight excluding hydrogens is 298 g/mol. The molecule has 0 aromatic heterocycles. The fourth-order valence-electron chi connectivity index (χ4n) is 3.25. The van der Waals surface area contributed by atoms with Crippen LogP contribution < -0.4 is 5.32 Å². The van der Waals surface area contributed by atoms with Crippen molar-refractivity contribution in [1.82, 2.24) is 5.32 Å². The third-order valence-corrected chi connectivity index (χ3v) is 4.87. The van der Waals surface area contributed by atoms with Gasteiger partial charge in [-0.15, -0.1) is 6.58 Å². The highest BCUT2D eigenvalue weighted by Crippen LogP contribution is 2.31. The molecule has 0 bridgehead atoms. The molecule has 0 radical (unpaired) electrons. The maximum atomic E-state index is 11.4. The van der Waals surface area contributed by atoms with Crippen molar-refractivity contribution in [2.75, 3.05) is 6.54 Å². The molecule has 140 valence electrons. The monoisotopic (exact) mass is 337 g/mol. The average Bonchev–Trinajstić information content (AvgIpc) is 3.33. The second-order valence-corrected chi connectivity index (χ2v) is 7.17. The quantitative estimate of drug-likeness (QED) is 0.215. The molecule has 0 spiro atoms. The molecule has 1 aliphatic rings. The van der Waals surface area contributed by atoms with Crippen LogP contribution in [0.1, 0.15) is 96.8 Å². The van der Waals surface area contributed by atoms with E-state index in [0.29, 0.717) is 25.2 Å². The Balaban J connectivity index is 1.78. The minimum absolute atomic E-state index is 0.152. The maximum Gasteiger partial charge on any atom is 0.220 e. The van der Waals surface area contributed by atoms with E-state index in [-0.39, 0.29) is 5.91 Å². The van der Waals surface area contributed by atoms with Crippen molar-refractivity contribution in [3.63, 3.8) is 0 Å². The summed E-state index contributed by atoms with van der Waals surface area (Å²) >= 11 is 0. The molecule has 1 amide bonds. The van der Waals surface area contributed by atoms with Crippen molar-refractivity contribution >= 4 is 5.91 Å². The zero-order chi connectivity index (χ0) is 17.5. The number of carbonyl (C=O) groups excluding carboxylic acids is 1. The summed E-state index contributed by atoms with van der Waals surface area (Å²) in [5.41, 5.74) is 0. The van der Waals surface area contributed by atoms with E-state index in [9.17, 15) is 4.79 Å². The topological polar surface area (TPSA) is 41.6 Å². The lowest BCUT2D eigenvalue weighted by molar-refractivity contribution is -0.121. The first-order valence-electron chi connectivity index (χ1n) is 10.3. The van der Waals surface area contributed by atoms with Crippen LogP contribution in [-0.4, -0.2) is 24.7 Å². The molecule has 1 N–H and O–H groups in total. The highest BCUT2D eigenvalue weighted by Gasteiger charge is 2.36. The van der Waals surface area contributed by atoms with Crippen LogP contribution in [0.4, 0.5) is 0 Å². The van der Waals surface area contributed by atoms with E-state index >= 15 is 0 Å². The Morgan fingerprint density at radius 1 is 0.917 bits per heavy atom. The van der Waals surface area contributed by atoms with Gasteiger partial charge < -0.3 is 10.1 Å². The summed E-state index contributed by atoms with van der Waals surface area (Å²) in [6.07, 6.45) is 20.2. The molecule has 3 nitrogen and oxygen atoms in total. The summed E-state index contributed by atoms with van der Waals surface area (Å²) in [7, 11) is 0. The Hall–Kier alpha value is -0.830. The number of hydrogen-bond acceptors (Lipinski definition) is 2. The Labute approximate surface area is 149 Å². The minimum Gasteiger partial charge on any atom is -0.370 e. The first kappa shape index (κ1) is 21.2. The van der Waals surface area contributed by atoms with Gasteiger partial charge in [-0.2, -0.15) is 0 Å². The zero-order valence-electron chi connectivity index (χ0n) is 15.9. The molecule has 0 aromatic carbocycles. The summed E-state index contributed by atoms with van der Waals surface area (Å²) < 4.78 is 5.78. The van der Waals surface area contributed by atoms with E-state index in [1.54, 1.807) is 6.08 Å². The minimum atomic E-state index is 0.152. The molecule has 1 aliphatic heterocycles. The Morgan fingerprint density at radius 3 is 2.04 bits per heavy atom. The number of rotatable bonds is 17. The largest absolute Gasteiger partial charge is 0.370 e. The lowest BCUT2D eigenvalue weighted by Crippen LogP contribution is -2.22. The van der Waals surface area contributed by atoms with Gasteiger partial charge in [0.15, 0.2) is 0 Å². The van der Waals surface area contributed by atoms with Crippen LogP contribution in [0.5, 0.6) is 0 Å². The van der Waals surface area contributed by atoms with Gasteiger partial charge in [0.25, 0.3) is 0 Å². The van der Waals surface area contributed by atoms with Crippen molar-refractivity contribution in [3.8, 4) is 0 Å². The van der Waals surface area contributed by atoms with Crippen LogP contribution in [-0.2, 0) is 9.53 Å². The standard InChI is InChI=1S/C21H39NO2/c1-3-5-6-7-9-12-15-19-20(24-19)16-13-10-8-11-14-17-21(23)22-18-4-2/h4,19-20H,2-3,5-18H2,1H3,(H,22,23)/t19-,20-/m1/s1. The highest BCUT2D eigenvalue weighted by molar-refractivity contribution is 5.75. The van der Waals surface area contributed by atoms with Gasteiger partial charge >= 0.3 is 0 Å². The number of ether oxygens (including phenoxy) is 1. The van der Waals surface area contributed by atoms with Crippen molar-refractivity contribution < 1.29 is 9.53 Å². The van der Waals surface area contributed by atoms with E-state index < -0.39 is 0 Å². The molecular formula is C21H39NO2. The van der Waals surface area contributed by atoms with Crippen LogP contribution in [0.3, 0.4) is 0 Å². The molecule has 0 aromatic rings. The SMILES string of the molecule is C=CCNC(=O)CCCCCCC[C@H]1O[C@@H]1CCCCCCCC. The third-order valence-electron chi connectivity index (χ3n) is 4.87. The molecule has 1 rings (SSSR count). The van der Waals surface area contributed by atoms with Crippen LogP contribution in [0.15, 0.2) is 12.7 Å². The summed E-state index contributed by atoms with van der Waals surface area (Å²) in [5, 5.41) is 2.82. The Kier molecular flexibility index (Phi) is 12.8. The predicted octanol–water partition coefficient (Wildman–Crippen LogP) is 5.54. The molecule has 1 saturated heterocycles.